The molecular formula is C19H20Cl2N6O2S2. The number of hydrogen-bond donors (Lipinski definition) is 3. The van der Waals surface area contributed by atoms with Gasteiger partial charge in [0.1, 0.15) is 5.82 Å². The Morgan fingerprint density at radius 3 is 2.71 bits per heavy atom. The third kappa shape index (κ3) is 6.42. The number of thioether (sulfide) groups is 1. The summed E-state index contributed by atoms with van der Waals surface area (Å²) in [6, 6.07) is 4.27. The van der Waals surface area contributed by atoms with E-state index in [0.29, 0.717) is 26.7 Å². The highest BCUT2D eigenvalue weighted by molar-refractivity contribution is 7.99. The molecule has 3 rings (SSSR count). The maximum atomic E-state index is 12.7. The van der Waals surface area contributed by atoms with Gasteiger partial charge < -0.3 is 10.6 Å². The first-order valence-electron chi connectivity index (χ1n) is 9.26. The van der Waals surface area contributed by atoms with Crippen molar-refractivity contribution in [2.45, 2.75) is 32.0 Å². The average Bonchev–Trinajstić information content (AvgIpc) is 3.33. The average molecular weight is 499 g/mol. The summed E-state index contributed by atoms with van der Waals surface area (Å²) in [4.78, 5) is 34.3. The zero-order chi connectivity index (χ0) is 22.5. The summed E-state index contributed by atoms with van der Waals surface area (Å²) < 4.78 is 0. The number of carbonyl (C=O) groups excluding carboxylic acids is 2. The third-order valence-corrected chi connectivity index (χ3v) is 6.33. The topological polar surface area (TPSA) is 113 Å². The number of anilines is 1. The lowest BCUT2D eigenvalue weighted by Crippen LogP contribution is -2.32. The smallest absolute Gasteiger partial charge is 0.253 e. The Kier molecular flexibility index (Phi) is 7.93. The molecule has 2 heterocycles. The summed E-state index contributed by atoms with van der Waals surface area (Å²) >= 11 is 14.6. The van der Waals surface area contributed by atoms with Crippen LogP contribution in [0.2, 0.25) is 10.0 Å². The minimum absolute atomic E-state index is 0.0252. The Morgan fingerprint density at radius 2 is 2.06 bits per heavy atom. The number of aromatic amines is 1. The number of hydrogen-bond acceptors (Lipinski definition) is 7. The molecule has 2 amide bonds. The van der Waals surface area contributed by atoms with Gasteiger partial charge in [0, 0.05) is 16.1 Å². The van der Waals surface area contributed by atoms with Crippen LogP contribution in [0.15, 0.2) is 29.6 Å². The summed E-state index contributed by atoms with van der Waals surface area (Å²) in [6.45, 7) is 5.82. The Labute approximate surface area is 197 Å². The van der Waals surface area contributed by atoms with Crippen LogP contribution in [0.1, 0.15) is 40.9 Å². The van der Waals surface area contributed by atoms with Crippen molar-refractivity contribution in [1.29, 1.82) is 0 Å². The Morgan fingerprint density at radius 1 is 1.29 bits per heavy atom. The van der Waals surface area contributed by atoms with Gasteiger partial charge in [-0.05, 0) is 31.0 Å². The number of nitrogens with one attached hydrogen (secondary N) is 3. The fraction of sp³-hybridized carbons (Fsp3) is 0.316. The fourth-order valence-corrected chi connectivity index (χ4v) is 4.38. The number of aromatic nitrogens is 4. The minimum Gasteiger partial charge on any atom is -0.342 e. The zero-order valence-corrected chi connectivity index (χ0v) is 20.0. The lowest BCUT2D eigenvalue weighted by Gasteiger charge is -2.20. The molecule has 2 aromatic heterocycles. The minimum atomic E-state index is -0.423. The number of carbonyl (C=O) groups is 2. The van der Waals surface area contributed by atoms with Crippen LogP contribution in [0.5, 0.6) is 0 Å². The van der Waals surface area contributed by atoms with Gasteiger partial charge in [0.2, 0.25) is 11.1 Å². The molecule has 0 saturated heterocycles. The normalized spacial score (nSPS) is 12.1. The van der Waals surface area contributed by atoms with Crippen molar-refractivity contribution in [3.63, 3.8) is 0 Å². The van der Waals surface area contributed by atoms with Crippen LogP contribution in [0, 0.1) is 12.8 Å². The van der Waals surface area contributed by atoms with Gasteiger partial charge in [0.05, 0.1) is 22.4 Å². The summed E-state index contributed by atoms with van der Waals surface area (Å²) in [6.07, 6.45) is 1.70. The number of H-pyrrole nitrogens is 1. The van der Waals surface area contributed by atoms with E-state index in [1.165, 1.54) is 29.2 Å². The molecule has 164 valence electrons. The first-order chi connectivity index (χ1) is 14.7. The van der Waals surface area contributed by atoms with Gasteiger partial charge in [-0.2, -0.15) is 0 Å². The van der Waals surface area contributed by atoms with Gasteiger partial charge in [-0.1, -0.05) is 48.8 Å². The molecule has 8 nitrogen and oxygen atoms in total. The van der Waals surface area contributed by atoms with Gasteiger partial charge in [0.15, 0.2) is 5.13 Å². The molecule has 1 aromatic carbocycles. The second kappa shape index (κ2) is 10.4. The Bertz CT molecular complexity index is 1090. The molecule has 0 saturated carbocycles. The molecule has 0 radical (unpaired) electrons. The molecule has 0 fully saturated rings. The third-order valence-electron chi connectivity index (χ3n) is 4.11. The summed E-state index contributed by atoms with van der Waals surface area (Å²) in [5, 5.41) is 14.3. The molecule has 0 aliphatic carbocycles. The number of aryl methyl sites for hydroxylation is 1. The highest BCUT2D eigenvalue weighted by Crippen LogP contribution is 2.25. The summed E-state index contributed by atoms with van der Waals surface area (Å²) in [7, 11) is 0. The fourth-order valence-electron chi connectivity index (χ4n) is 2.60. The standard InChI is InChI=1S/C19H20Cl2N6O2S2/c1-9(2)15(24-17(29)12-5-4-11(20)6-13(12)21)16-25-19(27-26-16)30-8-14(28)23-18-22-7-10(3)31-18/h4-7,9,15H,8H2,1-3H3,(H,24,29)(H,22,23,28)(H,25,26,27)/t15-/m1/s1. The molecule has 1 atom stereocenters. The second-order valence-electron chi connectivity index (χ2n) is 6.94. The van der Waals surface area contributed by atoms with E-state index >= 15 is 0 Å². The van der Waals surface area contributed by atoms with E-state index in [1.54, 1.807) is 18.3 Å². The highest BCUT2D eigenvalue weighted by Gasteiger charge is 2.24. The predicted molar refractivity (Wildman–Crippen MR) is 124 cm³/mol. The van der Waals surface area contributed by atoms with Crippen LogP contribution < -0.4 is 10.6 Å². The van der Waals surface area contributed by atoms with Gasteiger partial charge in [-0.25, -0.2) is 9.97 Å². The van der Waals surface area contributed by atoms with Crippen molar-refractivity contribution < 1.29 is 9.59 Å². The van der Waals surface area contributed by atoms with Crippen molar-refractivity contribution in [2.75, 3.05) is 11.1 Å². The van der Waals surface area contributed by atoms with Crippen LogP contribution in [0.4, 0.5) is 5.13 Å². The van der Waals surface area contributed by atoms with E-state index in [0.717, 1.165) is 4.88 Å². The number of nitrogens with zero attached hydrogens (tertiary/aromatic N) is 3. The number of thiazole rings is 1. The maximum Gasteiger partial charge on any atom is 0.253 e. The summed E-state index contributed by atoms with van der Waals surface area (Å²) in [5.41, 5.74) is 0.319. The number of benzene rings is 1. The molecular weight excluding hydrogens is 479 g/mol. The number of amides is 2. The molecule has 0 aliphatic rings. The second-order valence-corrected chi connectivity index (χ2v) is 9.96. The monoisotopic (exact) mass is 498 g/mol. The largest absolute Gasteiger partial charge is 0.342 e. The van der Waals surface area contributed by atoms with Gasteiger partial charge in [0.25, 0.3) is 5.91 Å². The Balaban J connectivity index is 1.62. The summed E-state index contributed by atoms with van der Waals surface area (Å²) in [5.74, 6) is 0.111. The molecule has 0 bridgehead atoms. The Hall–Kier alpha value is -2.14. The van der Waals surface area contributed by atoms with Crippen molar-refractivity contribution in [1.82, 2.24) is 25.5 Å². The first kappa shape index (κ1) is 23.5. The van der Waals surface area contributed by atoms with Crippen molar-refractivity contribution in [3.8, 4) is 0 Å². The number of rotatable bonds is 8. The molecule has 0 spiro atoms. The van der Waals surface area contributed by atoms with E-state index in [1.807, 2.05) is 20.8 Å². The molecule has 0 unspecified atom stereocenters. The lowest BCUT2D eigenvalue weighted by atomic mass is 10.0. The zero-order valence-electron chi connectivity index (χ0n) is 16.9. The van der Waals surface area contributed by atoms with E-state index in [-0.39, 0.29) is 28.5 Å². The van der Waals surface area contributed by atoms with E-state index in [9.17, 15) is 9.59 Å². The highest BCUT2D eigenvalue weighted by atomic mass is 35.5. The van der Waals surface area contributed by atoms with Crippen LogP contribution in [0.3, 0.4) is 0 Å². The number of halogens is 2. The van der Waals surface area contributed by atoms with Crippen molar-refractivity contribution in [3.05, 3.63) is 50.7 Å². The van der Waals surface area contributed by atoms with Crippen molar-refractivity contribution in [2.24, 2.45) is 5.92 Å². The van der Waals surface area contributed by atoms with Crippen LogP contribution in [-0.4, -0.2) is 37.7 Å². The van der Waals surface area contributed by atoms with Gasteiger partial charge in [-0.3, -0.25) is 14.7 Å². The van der Waals surface area contributed by atoms with Crippen LogP contribution in [0.25, 0.3) is 0 Å². The van der Waals surface area contributed by atoms with Gasteiger partial charge >= 0.3 is 0 Å². The predicted octanol–water partition coefficient (Wildman–Crippen LogP) is 4.73. The SMILES string of the molecule is Cc1cnc(NC(=O)CSc2n[nH]c([C@H](NC(=O)c3ccc(Cl)cc3Cl)C(C)C)n2)s1. The molecule has 3 aromatic rings. The lowest BCUT2D eigenvalue weighted by molar-refractivity contribution is -0.113. The maximum absolute atomic E-state index is 12.7. The van der Waals surface area contributed by atoms with E-state index in [4.69, 9.17) is 23.2 Å². The molecule has 12 heteroatoms. The van der Waals surface area contributed by atoms with E-state index in [2.05, 4.69) is 30.8 Å². The van der Waals surface area contributed by atoms with Gasteiger partial charge in [-0.15, -0.1) is 16.4 Å². The first-order valence-corrected chi connectivity index (χ1v) is 11.8. The van der Waals surface area contributed by atoms with Crippen molar-refractivity contribution >= 4 is 63.2 Å². The van der Waals surface area contributed by atoms with Crippen LogP contribution in [-0.2, 0) is 4.79 Å². The molecule has 31 heavy (non-hydrogen) atoms. The van der Waals surface area contributed by atoms with Crippen LogP contribution >= 0.6 is 46.3 Å². The quantitative estimate of drug-likeness (QED) is 0.386. The molecule has 3 N–H and O–H groups in total. The van der Waals surface area contributed by atoms with E-state index < -0.39 is 6.04 Å². The molecule has 0 aliphatic heterocycles.